The van der Waals surface area contributed by atoms with Gasteiger partial charge in [0.15, 0.2) is 0 Å². The minimum absolute atomic E-state index is 0.0888. The summed E-state index contributed by atoms with van der Waals surface area (Å²) in [6.07, 6.45) is 0.576. The number of nitrogens with one attached hydrogen (secondary N) is 2. The lowest BCUT2D eigenvalue weighted by atomic mass is 10.1. The predicted molar refractivity (Wildman–Crippen MR) is 73.9 cm³/mol. The molecule has 2 heterocycles. The number of hydrogen-bond acceptors (Lipinski definition) is 7. The summed E-state index contributed by atoms with van der Waals surface area (Å²) in [5.74, 6) is 6.36. The van der Waals surface area contributed by atoms with Crippen LogP contribution in [0, 0.1) is 13.8 Å². The second kappa shape index (κ2) is 5.41. The van der Waals surface area contributed by atoms with Crippen molar-refractivity contribution in [3.63, 3.8) is 0 Å². The maximum absolute atomic E-state index is 11.9. The van der Waals surface area contributed by atoms with E-state index in [0.717, 1.165) is 0 Å². The zero-order valence-corrected chi connectivity index (χ0v) is 11.7. The van der Waals surface area contributed by atoms with Crippen LogP contribution in [0.3, 0.4) is 0 Å². The first-order valence-corrected chi connectivity index (χ1v) is 6.40. The van der Waals surface area contributed by atoms with E-state index in [9.17, 15) is 9.59 Å². The van der Waals surface area contributed by atoms with Crippen molar-refractivity contribution < 1.29 is 9.59 Å². The average molecular weight is 278 g/mol. The monoisotopic (exact) mass is 278 g/mol. The van der Waals surface area contributed by atoms with E-state index in [0.29, 0.717) is 29.4 Å². The molecule has 20 heavy (non-hydrogen) atoms. The fourth-order valence-electron chi connectivity index (χ4n) is 2.33. The van der Waals surface area contributed by atoms with Crippen LogP contribution in [0.2, 0.25) is 0 Å². The molecular weight excluding hydrogens is 260 g/mol. The Morgan fingerprint density at radius 1 is 1.40 bits per heavy atom. The first-order chi connectivity index (χ1) is 9.47. The molecule has 2 rings (SSSR count). The number of anilines is 2. The van der Waals surface area contributed by atoms with E-state index < -0.39 is 6.04 Å². The fraction of sp³-hybridized carbons (Fsp3) is 0.500. The number of aryl methyl sites for hydroxylation is 1. The SMILES string of the molecule is CCC1C(=O)NC(=O)CN1c1nc(C)nc(NN)c1C. The van der Waals surface area contributed by atoms with Gasteiger partial charge in [-0.1, -0.05) is 6.92 Å². The quantitative estimate of drug-likeness (QED) is 0.392. The number of carbonyl (C=O) groups excluding carboxylic acids is 2. The van der Waals surface area contributed by atoms with Gasteiger partial charge in [0.05, 0.1) is 6.54 Å². The normalized spacial score (nSPS) is 19.0. The number of nitrogens with two attached hydrogens (primary N) is 1. The Balaban J connectivity index is 2.50. The zero-order chi connectivity index (χ0) is 14.9. The van der Waals surface area contributed by atoms with Crippen molar-refractivity contribution in [2.75, 3.05) is 16.9 Å². The van der Waals surface area contributed by atoms with E-state index >= 15 is 0 Å². The smallest absolute Gasteiger partial charge is 0.249 e. The van der Waals surface area contributed by atoms with Crippen molar-refractivity contribution in [2.24, 2.45) is 5.84 Å². The van der Waals surface area contributed by atoms with Crippen molar-refractivity contribution in [1.82, 2.24) is 15.3 Å². The van der Waals surface area contributed by atoms with E-state index in [4.69, 9.17) is 5.84 Å². The molecule has 8 nitrogen and oxygen atoms in total. The van der Waals surface area contributed by atoms with Gasteiger partial charge in [-0.2, -0.15) is 0 Å². The number of hydrogen-bond donors (Lipinski definition) is 3. The van der Waals surface area contributed by atoms with Gasteiger partial charge in [-0.3, -0.25) is 14.9 Å². The number of hydrazine groups is 1. The molecule has 0 saturated carbocycles. The Hall–Kier alpha value is -2.22. The number of imide groups is 1. The molecular formula is C12H18N6O2. The standard InChI is InChI=1S/C12H18N6O2/c1-4-8-12(20)16-9(19)5-18(8)11-6(2)10(17-13)14-7(3)15-11/h8H,4-5,13H2,1-3H3,(H,14,15,17)(H,16,19,20). The molecule has 1 aliphatic heterocycles. The van der Waals surface area contributed by atoms with Crippen molar-refractivity contribution in [3.05, 3.63) is 11.4 Å². The molecule has 1 aliphatic rings. The lowest BCUT2D eigenvalue weighted by molar-refractivity contribution is -0.132. The van der Waals surface area contributed by atoms with E-state index in [-0.39, 0.29) is 18.4 Å². The molecule has 1 aromatic heterocycles. The molecule has 1 aromatic rings. The third-order valence-corrected chi connectivity index (χ3v) is 3.28. The third-order valence-electron chi connectivity index (χ3n) is 3.28. The summed E-state index contributed by atoms with van der Waals surface area (Å²) < 4.78 is 0. The van der Waals surface area contributed by atoms with Crippen LogP contribution < -0.4 is 21.5 Å². The number of rotatable bonds is 3. The summed E-state index contributed by atoms with van der Waals surface area (Å²) in [5.41, 5.74) is 3.22. The lowest BCUT2D eigenvalue weighted by Gasteiger charge is -2.35. The number of nitrogen functional groups attached to an aromatic ring is 1. The van der Waals surface area contributed by atoms with E-state index in [1.54, 1.807) is 18.7 Å². The summed E-state index contributed by atoms with van der Waals surface area (Å²) in [7, 11) is 0. The lowest BCUT2D eigenvalue weighted by Crippen LogP contribution is -2.58. The molecule has 0 radical (unpaired) electrons. The Labute approximate surface area is 116 Å². The molecule has 4 N–H and O–H groups in total. The third kappa shape index (κ3) is 2.42. The summed E-state index contributed by atoms with van der Waals surface area (Å²) >= 11 is 0. The Morgan fingerprint density at radius 2 is 2.10 bits per heavy atom. The van der Waals surface area contributed by atoms with Crippen LogP contribution in [0.5, 0.6) is 0 Å². The van der Waals surface area contributed by atoms with E-state index in [2.05, 4.69) is 20.7 Å². The summed E-state index contributed by atoms with van der Waals surface area (Å²) in [5, 5.41) is 2.34. The van der Waals surface area contributed by atoms with E-state index in [1.807, 2.05) is 6.92 Å². The second-order valence-electron chi connectivity index (χ2n) is 4.68. The highest BCUT2D eigenvalue weighted by molar-refractivity contribution is 6.04. The molecule has 0 spiro atoms. The molecule has 1 saturated heterocycles. The maximum atomic E-state index is 11.9. The second-order valence-corrected chi connectivity index (χ2v) is 4.68. The predicted octanol–water partition coefficient (Wildman–Crippen LogP) is -0.380. The largest absolute Gasteiger partial charge is 0.335 e. The van der Waals surface area contributed by atoms with Gasteiger partial charge in [-0.15, -0.1) is 0 Å². The van der Waals surface area contributed by atoms with Gasteiger partial charge in [0.25, 0.3) is 0 Å². The van der Waals surface area contributed by atoms with Gasteiger partial charge in [-0.25, -0.2) is 15.8 Å². The highest BCUT2D eigenvalue weighted by Crippen LogP contribution is 2.26. The molecule has 1 unspecified atom stereocenters. The first-order valence-electron chi connectivity index (χ1n) is 6.40. The minimum Gasteiger partial charge on any atom is -0.335 e. The molecule has 8 heteroatoms. The summed E-state index contributed by atoms with van der Waals surface area (Å²) in [6.45, 7) is 5.51. The molecule has 2 amide bonds. The Bertz CT molecular complexity index is 559. The summed E-state index contributed by atoms with van der Waals surface area (Å²) in [6, 6.07) is -0.425. The topological polar surface area (TPSA) is 113 Å². The average Bonchev–Trinajstić information content (AvgIpc) is 2.40. The van der Waals surface area contributed by atoms with Gasteiger partial charge in [0.1, 0.15) is 23.5 Å². The first kappa shape index (κ1) is 14.2. The van der Waals surface area contributed by atoms with Crippen LogP contribution in [0.25, 0.3) is 0 Å². The molecule has 108 valence electrons. The zero-order valence-electron chi connectivity index (χ0n) is 11.7. The number of carbonyl (C=O) groups is 2. The fourth-order valence-corrected chi connectivity index (χ4v) is 2.33. The Morgan fingerprint density at radius 3 is 2.70 bits per heavy atom. The number of aromatic nitrogens is 2. The maximum Gasteiger partial charge on any atom is 0.249 e. The highest BCUT2D eigenvalue weighted by atomic mass is 16.2. The van der Waals surface area contributed by atoms with Crippen molar-refractivity contribution in [3.8, 4) is 0 Å². The molecule has 0 bridgehead atoms. The number of piperazine rings is 1. The van der Waals surface area contributed by atoms with Gasteiger partial charge < -0.3 is 10.3 Å². The molecule has 0 aromatic carbocycles. The molecule has 1 fully saturated rings. The van der Waals surface area contributed by atoms with Crippen LogP contribution in [-0.4, -0.2) is 34.4 Å². The highest BCUT2D eigenvalue weighted by Gasteiger charge is 2.34. The van der Waals surface area contributed by atoms with Crippen molar-refractivity contribution in [1.29, 1.82) is 0 Å². The van der Waals surface area contributed by atoms with Gasteiger partial charge >= 0.3 is 0 Å². The van der Waals surface area contributed by atoms with Crippen LogP contribution in [0.4, 0.5) is 11.6 Å². The number of nitrogens with zero attached hydrogens (tertiary/aromatic N) is 3. The molecule has 0 aliphatic carbocycles. The van der Waals surface area contributed by atoms with Crippen LogP contribution in [-0.2, 0) is 9.59 Å². The van der Waals surface area contributed by atoms with Gasteiger partial charge in [0.2, 0.25) is 11.8 Å². The summed E-state index contributed by atoms with van der Waals surface area (Å²) in [4.78, 5) is 33.8. The van der Waals surface area contributed by atoms with Gasteiger partial charge in [0, 0.05) is 5.56 Å². The van der Waals surface area contributed by atoms with Crippen molar-refractivity contribution in [2.45, 2.75) is 33.2 Å². The van der Waals surface area contributed by atoms with Crippen LogP contribution in [0.1, 0.15) is 24.7 Å². The van der Waals surface area contributed by atoms with Crippen molar-refractivity contribution >= 4 is 23.5 Å². The molecule has 1 atom stereocenters. The van der Waals surface area contributed by atoms with Crippen LogP contribution in [0.15, 0.2) is 0 Å². The van der Waals surface area contributed by atoms with Gasteiger partial charge in [-0.05, 0) is 20.3 Å². The van der Waals surface area contributed by atoms with E-state index in [1.165, 1.54) is 0 Å². The number of amides is 2. The Kier molecular flexibility index (Phi) is 3.84. The van der Waals surface area contributed by atoms with Crippen LogP contribution >= 0.6 is 0 Å². The minimum atomic E-state index is -0.425.